The molecule has 1 N–H and O–H groups in total. The molecular formula is C16H23NO. The number of benzene rings is 1. The molecule has 0 aromatic heterocycles. The minimum atomic E-state index is 0.215. The van der Waals surface area contributed by atoms with Crippen molar-refractivity contribution in [2.75, 3.05) is 13.2 Å². The highest BCUT2D eigenvalue weighted by atomic mass is 16.5. The van der Waals surface area contributed by atoms with E-state index in [1.807, 2.05) is 0 Å². The number of nitrogens with one attached hydrogen (secondary N) is 1. The number of hydrogen-bond acceptors (Lipinski definition) is 2. The predicted molar refractivity (Wildman–Crippen MR) is 75.6 cm³/mol. The Balaban J connectivity index is 2.30. The lowest BCUT2D eigenvalue weighted by atomic mass is 9.96. The molecule has 1 aromatic rings. The average molecular weight is 245 g/mol. The predicted octanol–water partition coefficient (Wildman–Crippen LogP) is 3.65. The Labute approximate surface area is 110 Å². The highest BCUT2D eigenvalue weighted by molar-refractivity contribution is 5.38. The van der Waals surface area contributed by atoms with Gasteiger partial charge in [0.25, 0.3) is 0 Å². The second kappa shape index (κ2) is 6.05. The van der Waals surface area contributed by atoms with Gasteiger partial charge in [-0.3, -0.25) is 0 Å². The zero-order valence-corrected chi connectivity index (χ0v) is 11.6. The maximum absolute atomic E-state index is 5.76. The summed E-state index contributed by atoms with van der Waals surface area (Å²) in [5.41, 5.74) is 4.05. The van der Waals surface area contributed by atoms with Crippen molar-refractivity contribution in [1.82, 2.24) is 5.32 Å². The van der Waals surface area contributed by atoms with E-state index in [0.717, 1.165) is 31.8 Å². The maximum Gasteiger partial charge on any atom is 0.114 e. The normalized spacial score (nSPS) is 16.3. The van der Waals surface area contributed by atoms with Crippen molar-refractivity contribution in [1.29, 1.82) is 0 Å². The molecule has 1 atom stereocenters. The van der Waals surface area contributed by atoms with Crippen molar-refractivity contribution >= 4 is 0 Å². The van der Waals surface area contributed by atoms with Crippen LogP contribution in [0.3, 0.4) is 0 Å². The van der Waals surface area contributed by atoms with E-state index >= 15 is 0 Å². The lowest BCUT2D eigenvalue weighted by Crippen LogP contribution is -2.25. The van der Waals surface area contributed by atoms with Gasteiger partial charge >= 0.3 is 0 Å². The highest BCUT2D eigenvalue weighted by Crippen LogP contribution is 2.29. The van der Waals surface area contributed by atoms with Gasteiger partial charge in [0.15, 0.2) is 0 Å². The van der Waals surface area contributed by atoms with Crippen LogP contribution in [0.15, 0.2) is 30.0 Å². The second-order valence-electron chi connectivity index (χ2n) is 4.92. The lowest BCUT2D eigenvalue weighted by molar-refractivity contribution is 0.215. The summed E-state index contributed by atoms with van der Waals surface area (Å²) in [4.78, 5) is 0. The molecule has 0 bridgehead atoms. The summed E-state index contributed by atoms with van der Waals surface area (Å²) >= 11 is 0. The standard InChI is InChI=1S/C16H23NO/c1-4-10-17-16(15-9-6-11-18-15)14-8-5-7-12(2)13(14)3/h5,7-9,16-17H,4,6,10-11H2,1-3H3. The van der Waals surface area contributed by atoms with Gasteiger partial charge in [-0.1, -0.05) is 25.1 Å². The Kier molecular flexibility index (Phi) is 4.43. The van der Waals surface area contributed by atoms with Gasteiger partial charge in [0.1, 0.15) is 5.76 Å². The van der Waals surface area contributed by atoms with Crippen LogP contribution in [-0.4, -0.2) is 13.2 Å². The summed E-state index contributed by atoms with van der Waals surface area (Å²) < 4.78 is 5.76. The fraction of sp³-hybridized carbons (Fsp3) is 0.500. The monoisotopic (exact) mass is 245 g/mol. The summed E-state index contributed by atoms with van der Waals surface area (Å²) in [5.74, 6) is 1.09. The van der Waals surface area contributed by atoms with Gasteiger partial charge in [0.2, 0.25) is 0 Å². The fourth-order valence-electron chi connectivity index (χ4n) is 2.38. The van der Waals surface area contributed by atoms with Gasteiger partial charge in [-0.05, 0) is 49.6 Å². The van der Waals surface area contributed by atoms with E-state index in [2.05, 4.69) is 50.4 Å². The summed E-state index contributed by atoms with van der Waals surface area (Å²) in [6, 6.07) is 6.72. The van der Waals surface area contributed by atoms with Gasteiger partial charge in [0, 0.05) is 6.42 Å². The summed E-state index contributed by atoms with van der Waals surface area (Å²) in [6.07, 6.45) is 4.38. The quantitative estimate of drug-likeness (QED) is 0.855. The van der Waals surface area contributed by atoms with Crippen molar-refractivity contribution in [2.24, 2.45) is 0 Å². The smallest absolute Gasteiger partial charge is 0.114 e. The lowest BCUT2D eigenvalue weighted by Gasteiger charge is -2.22. The van der Waals surface area contributed by atoms with E-state index in [0.29, 0.717) is 0 Å². The van der Waals surface area contributed by atoms with E-state index < -0.39 is 0 Å². The molecule has 0 radical (unpaired) electrons. The van der Waals surface area contributed by atoms with Crippen LogP contribution in [0.25, 0.3) is 0 Å². The molecule has 0 aliphatic carbocycles. The first-order valence-electron chi connectivity index (χ1n) is 6.86. The molecular weight excluding hydrogens is 222 g/mol. The van der Waals surface area contributed by atoms with Gasteiger partial charge in [-0.2, -0.15) is 0 Å². The first-order chi connectivity index (χ1) is 8.74. The first kappa shape index (κ1) is 13.2. The fourth-order valence-corrected chi connectivity index (χ4v) is 2.38. The van der Waals surface area contributed by atoms with E-state index in [9.17, 15) is 0 Å². The van der Waals surface area contributed by atoms with Crippen LogP contribution < -0.4 is 5.32 Å². The van der Waals surface area contributed by atoms with Crippen LogP contribution in [-0.2, 0) is 4.74 Å². The molecule has 98 valence electrons. The van der Waals surface area contributed by atoms with Crippen molar-refractivity contribution in [2.45, 2.75) is 39.7 Å². The third kappa shape index (κ3) is 2.75. The van der Waals surface area contributed by atoms with Crippen molar-refractivity contribution in [3.63, 3.8) is 0 Å². The number of hydrogen-bond donors (Lipinski definition) is 1. The van der Waals surface area contributed by atoms with Crippen molar-refractivity contribution < 1.29 is 4.74 Å². The molecule has 1 heterocycles. The number of ether oxygens (including phenoxy) is 1. The van der Waals surface area contributed by atoms with E-state index in [1.165, 1.54) is 16.7 Å². The van der Waals surface area contributed by atoms with Crippen molar-refractivity contribution in [3.05, 3.63) is 46.7 Å². The number of rotatable bonds is 5. The Morgan fingerprint density at radius 3 is 2.83 bits per heavy atom. The highest BCUT2D eigenvalue weighted by Gasteiger charge is 2.21. The molecule has 2 rings (SSSR count). The van der Waals surface area contributed by atoms with Crippen LogP contribution in [0.4, 0.5) is 0 Å². The summed E-state index contributed by atoms with van der Waals surface area (Å²) in [7, 11) is 0. The Hall–Kier alpha value is -1.28. The van der Waals surface area contributed by atoms with Crippen LogP contribution in [0, 0.1) is 13.8 Å². The molecule has 1 aliphatic heterocycles. The van der Waals surface area contributed by atoms with E-state index in [-0.39, 0.29) is 6.04 Å². The van der Waals surface area contributed by atoms with Gasteiger partial charge < -0.3 is 10.1 Å². The van der Waals surface area contributed by atoms with E-state index in [4.69, 9.17) is 4.74 Å². The van der Waals surface area contributed by atoms with Gasteiger partial charge in [-0.15, -0.1) is 0 Å². The van der Waals surface area contributed by atoms with Crippen molar-refractivity contribution in [3.8, 4) is 0 Å². The molecule has 1 unspecified atom stereocenters. The van der Waals surface area contributed by atoms with E-state index in [1.54, 1.807) is 0 Å². The second-order valence-corrected chi connectivity index (χ2v) is 4.92. The molecule has 18 heavy (non-hydrogen) atoms. The topological polar surface area (TPSA) is 21.3 Å². The Morgan fingerprint density at radius 1 is 1.33 bits per heavy atom. The average Bonchev–Trinajstić information content (AvgIpc) is 2.88. The molecule has 0 saturated carbocycles. The minimum Gasteiger partial charge on any atom is -0.496 e. The summed E-state index contributed by atoms with van der Waals surface area (Å²) in [5, 5.41) is 3.60. The molecule has 1 aliphatic rings. The van der Waals surface area contributed by atoms with Crippen LogP contribution in [0.2, 0.25) is 0 Å². The first-order valence-corrected chi connectivity index (χ1v) is 6.86. The zero-order valence-electron chi connectivity index (χ0n) is 11.6. The summed E-state index contributed by atoms with van der Waals surface area (Å²) in [6.45, 7) is 8.39. The third-order valence-electron chi connectivity index (χ3n) is 3.57. The SMILES string of the molecule is CCCNC(C1=CCCO1)c1cccc(C)c1C. The van der Waals surface area contributed by atoms with Crippen LogP contribution >= 0.6 is 0 Å². The maximum atomic E-state index is 5.76. The zero-order chi connectivity index (χ0) is 13.0. The molecule has 1 aromatic carbocycles. The Morgan fingerprint density at radius 2 is 2.17 bits per heavy atom. The molecule has 2 nitrogen and oxygen atoms in total. The molecule has 0 spiro atoms. The molecule has 0 fully saturated rings. The largest absolute Gasteiger partial charge is 0.496 e. The van der Waals surface area contributed by atoms with Crippen LogP contribution in [0.1, 0.15) is 42.5 Å². The third-order valence-corrected chi connectivity index (χ3v) is 3.57. The number of aryl methyl sites for hydroxylation is 1. The molecule has 0 amide bonds. The van der Waals surface area contributed by atoms with Gasteiger partial charge in [-0.25, -0.2) is 0 Å². The molecule has 2 heteroatoms. The Bertz CT molecular complexity index is 437. The van der Waals surface area contributed by atoms with Gasteiger partial charge in [0.05, 0.1) is 12.6 Å². The van der Waals surface area contributed by atoms with Crippen LogP contribution in [0.5, 0.6) is 0 Å². The molecule has 0 saturated heterocycles. The minimum absolute atomic E-state index is 0.215.